The summed E-state index contributed by atoms with van der Waals surface area (Å²) in [4.78, 5) is 197. The minimum atomic E-state index is -0.875. The van der Waals surface area contributed by atoms with Crippen LogP contribution in [-0.4, -0.2) is 112 Å². The van der Waals surface area contributed by atoms with E-state index in [1.165, 1.54) is 89.7 Å². The van der Waals surface area contributed by atoms with Crippen LogP contribution in [0.4, 0.5) is 0 Å². The number of allylic oxidation sites excluding steroid dienone is 5. The fraction of sp³-hybridized carbons (Fsp3) is 0.412. The summed E-state index contributed by atoms with van der Waals surface area (Å²) in [6.07, 6.45) is 10.1. The molecule has 0 radical (unpaired) electrons. The Hall–Kier alpha value is -14.3. The number of ketones is 7. The Morgan fingerprint density at radius 1 is 0.553 bits per heavy atom. The summed E-state index contributed by atoms with van der Waals surface area (Å²) in [6, 6.07) is 13.2. The predicted molar refractivity (Wildman–Crippen MR) is 489 cm³/mol. The molecule has 0 fully saturated rings. The highest BCUT2D eigenvalue weighted by Crippen LogP contribution is 2.41. The number of para-hydroxylation sites is 1. The van der Waals surface area contributed by atoms with Gasteiger partial charge in [0.15, 0.2) is 45.9 Å². The molecule has 7 N–H and O–H groups in total. The number of Topliss-reactive ketones (excluding diaryl/α,β-unsaturated/α-hetero) is 6. The number of esters is 1. The number of carbonyl (C=O) groups is 8. The van der Waals surface area contributed by atoms with Gasteiger partial charge in [0.25, 0.3) is 5.56 Å². The number of aromatic hydroxyl groups is 6. The second kappa shape index (κ2) is 51.8. The summed E-state index contributed by atoms with van der Waals surface area (Å²) in [5.41, 5.74) is -4.67. The van der Waals surface area contributed by atoms with Crippen LogP contribution in [0.1, 0.15) is 238 Å². The fourth-order valence-corrected chi connectivity index (χ4v) is 12.6. The van der Waals surface area contributed by atoms with Gasteiger partial charge in [-0.15, -0.1) is 6.58 Å². The normalized spacial score (nSPS) is 13.0. The van der Waals surface area contributed by atoms with Gasteiger partial charge < -0.3 is 76.1 Å². The van der Waals surface area contributed by atoms with Crippen molar-refractivity contribution in [2.24, 2.45) is 61.4 Å². The molecule has 35 nitrogen and oxygen atoms in total. The summed E-state index contributed by atoms with van der Waals surface area (Å²) in [5.74, 6) is -3.01. The number of fused-ring (bicyclic) bond motifs is 2. The van der Waals surface area contributed by atoms with Crippen molar-refractivity contribution in [1.82, 2.24) is 9.13 Å². The van der Waals surface area contributed by atoms with Gasteiger partial charge in [0, 0.05) is 82.3 Å². The third kappa shape index (κ3) is 31.9. The maximum atomic E-state index is 12.9. The number of benzene rings is 1. The number of ether oxygens (including phenoxy) is 2. The summed E-state index contributed by atoms with van der Waals surface area (Å²) < 4.78 is 44.8. The van der Waals surface area contributed by atoms with E-state index in [1.807, 2.05) is 69.2 Å². The fourth-order valence-electron chi connectivity index (χ4n) is 12.6. The number of methoxy groups -OCH3 is 2. The van der Waals surface area contributed by atoms with Crippen LogP contribution in [0.15, 0.2) is 183 Å². The molecule has 1 aliphatic carbocycles. The lowest BCUT2D eigenvalue weighted by Gasteiger charge is -2.34. The standard InChI is InChI=1S/C18H24O4.C13H14O4.C13H18O4.C12H18N2O4.C12H14O4.C11H8O4.C11H12O4.C7H10O5/c1-9(2)13-6-10(3)11(4)7-14(13)17(20)16-15(19)8-12(5)22-18(16)21;1-7(2)4-9-6-16-10-5-8(3)17-13(15)11(10)12(9)14;1-7(2)8(3)5-10(14)12-11(15)6-9(4)17-13(12)16;1-7(2)5-6-8(15)9-10(16)13(3)12(18)14(4)11(9)17;1-7(2)4-5-9(13)11-10(14)6-8(3)16-12(11)15;1-6(12)9-10(13)7-4-2-3-5-8(7)15-11(9)14;1-3-4-5-8(12)10-9(13)6-7(2)15-11(10)14;1-11-4-6(9)5(3-8)7(10)12-2/h8-9,13-14,19H,6-7H2,1-5H3;5-7H,4H2,1-3H3;6-8,15H,5H2,1-4H3;7,16H,5-6H2,1-4H3;4-7,14H,1-3H3;2-5,13H,1H3;3,6,13H,1,4-5H2,2H3;3,8H,4H2,1-2H3/b;;;;5-4+;;;5-3+. The molecule has 1 aliphatic rings. The van der Waals surface area contributed by atoms with Crippen molar-refractivity contribution >= 4 is 68.4 Å². The summed E-state index contributed by atoms with van der Waals surface area (Å²) in [7, 11) is 5.02. The van der Waals surface area contributed by atoms with E-state index in [-0.39, 0.29) is 157 Å². The summed E-state index contributed by atoms with van der Waals surface area (Å²) in [5, 5.41) is 66.9. The number of aryl methyl sites for hydroxylation is 5. The van der Waals surface area contributed by atoms with Crippen molar-refractivity contribution in [3.8, 4) is 34.6 Å². The van der Waals surface area contributed by atoms with Crippen LogP contribution in [0, 0.1) is 82.0 Å². The summed E-state index contributed by atoms with van der Waals surface area (Å²) >= 11 is 0. The highest BCUT2D eigenvalue weighted by atomic mass is 16.5. The largest absolute Gasteiger partial charge is 0.515 e. The maximum Gasteiger partial charge on any atom is 0.351 e. The number of rotatable bonds is 25. The van der Waals surface area contributed by atoms with Crippen molar-refractivity contribution in [3.05, 3.63) is 270 Å². The van der Waals surface area contributed by atoms with Gasteiger partial charge in [-0.1, -0.05) is 112 Å². The molecule has 0 aliphatic heterocycles. The van der Waals surface area contributed by atoms with Crippen LogP contribution in [0.25, 0.3) is 21.9 Å². The van der Waals surface area contributed by atoms with Crippen LogP contribution < -0.4 is 50.4 Å². The molecule has 0 saturated heterocycles. The lowest BCUT2D eigenvalue weighted by Crippen LogP contribution is -2.40. The molecule has 10 rings (SSSR count). The van der Waals surface area contributed by atoms with E-state index < -0.39 is 91.3 Å². The Balaban J connectivity index is 0.000000391. The Labute approximate surface area is 758 Å². The van der Waals surface area contributed by atoms with Gasteiger partial charge in [-0.2, -0.15) is 0 Å². The van der Waals surface area contributed by atoms with Crippen molar-refractivity contribution in [1.29, 1.82) is 0 Å². The van der Waals surface area contributed by atoms with Gasteiger partial charge in [-0.05, 0) is 147 Å². The van der Waals surface area contributed by atoms with Crippen molar-refractivity contribution in [2.75, 3.05) is 20.8 Å². The van der Waals surface area contributed by atoms with Gasteiger partial charge in [-0.25, -0.2) is 38.4 Å². The van der Waals surface area contributed by atoms with E-state index in [2.05, 4.69) is 36.8 Å². The Morgan fingerprint density at radius 3 is 1.48 bits per heavy atom. The van der Waals surface area contributed by atoms with Crippen LogP contribution in [0.2, 0.25) is 0 Å². The van der Waals surface area contributed by atoms with Gasteiger partial charge in [0.05, 0.1) is 25.0 Å². The second-order valence-electron chi connectivity index (χ2n) is 32.9. The number of aliphatic hydroxyl groups is 1. The lowest BCUT2D eigenvalue weighted by molar-refractivity contribution is -0.138. The molecular formula is C97H118N2O33. The van der Waals surface area contributed by atoms with E-state index in [9.17, 15) is 112 Å². The van der Waals surface area contributed by atoms with Crippen LogP contribution in [-0.2, 0) is 39.6 Å². The number of hydrogen-bond acceptors (Lipinski definition) is 33. The number of aromatic nitrogens is 2. The van der Waals surface area contributed by atoms with E-state index in [1.54, 1.807) is 63.3 Å². The van der Waals surface area contributed by atoms with Gasteiger partial charge in [-0.3, -0.25) is 52.3 Å². The van der Waals surface area contributed by atoms with Crippen molar-refractivity contribution < 1.29 is 114 Å². The quantitative estimate of drug-likeness (QED) is 0.00408. The van der Waals surface area contributed by atoms with Gasteiger partial charge in [0.2, 0.25) is 11.3 Å². The molecule has 0 spiro atoms. The molecule has 132 heavy (non-hydrogen) atoms. The van der Waals surface area contributed by atoms with Crippen molar-refractivity contribution in [3.63, 3.8) is 0 Å². The smallest absolute Gasteiger partial charge is 0.351 e. The minimum absolute atomic E-state index is 0.00810. The molecule has 9 aromatic rings. The monoisotopic (exact) mass is 1840 g/mol. The van der Waals surface area contributed by atoms with Crippen molar-refractivity contribution in [2.45, 2.75) is 183 Å². The first-order valence-electron chi connectivity index (χ1n) is 41.8. The average Bonchev–Trinajstić information content (AvgIpc) is 0.795. The highest BCUT2D eigenvalue weighted by molar-refractivity contribution is 6.17. The number of aliphatic hydroxyl groups excluding tert-OH is 1. The topological polar surface area (TPSA) is 552 Å². The second-order valence-corrected chi connectivity index (χ2v) is 32.9. The third-order valence-electron chi connectivity index (χ3n) is 20.2. The maximum absolute atomic E-state index is 12.9. The van der Waals surface area contributed by atoms with Crippen LogP contribution in [0.3, 0.4) is 0 Å². The number of carbonyl (C=O) groups excluding carboxylic acids is 8. The number of nitrogens with zero attached hydrogens (tertiary/aromatic N) is 2. The molecule has 3 unspecified atom stereocenters. The molecule has 714 valence electrons. The Bertz CT molecular complexity index is 6390. The summed E-state index contributed by atoms with van der Waals surface area (Å²) in [6.45, 7) is 38.2. The minimum Gasteiger partial charge on any atom is -0.515 e. The molecule has 0 amide bonds. The predicted octanol–water partition coefficient (Wildman–Crippen LogP) is 14.4. The lowest BCUT2D eigenvalue weighted by atomic mass is 9.69. The average molecular weight is 1840 g/mol. The third-order valence-corrected chi connectivity index (χ3v) is 20.2. The number of hydrogen-bond donors (Lipinski definition) is 7. The molecule has 35 heteroatoms. The zero-order valence-corrected chi connectivity index (χ0v) is 78.4. The van der Waals surface area contributed by atoms with Gasteiger partial charge in [0.1, 0.15) is 114 Å². The Morgan fingerprint density at radius 2 is 1.02 bits per heavy atom. The zero-order chi connectivity index (χ0) is 101. The molecule has 0 saturated carbocycles. The SMILES string of the molecule is C=CCCC(=O)c1c(O)cc(C)oc1=O.CC(=O)c1c(O)c2ccccc2oc1=O.CC(C)CCC(=O)c1c(O)n(C)c(=O)n(C)c1=O.CC1=C(C)CC(C(C)C)C(C(=O)c2c(O)cc(C)oc2=O)C1.COCC(=O)/C(=C\O)C(=O)OC.Cc1cc(O)c(C(=O)/C=C/C(C)C)c(=O)o1.Cc1cc(O)c(C(=O)CC(C)C(C)C)c(=O)o1.Cc1cc2occ(CC(C)C)c(=O)c2c(=O)o1. The first-order valence-corrected chi connectivity index (χ1v) is 41.8. The highest BCUT2D eigenvalue weighted by Gasteiger charge is 2.38. The van der Waals surface area contributed by atoms with Crippen LogP contribution in [0.5, 0.6) is 34.6 Å². The molecule has 8 heterocycles. The van der Waals surface area contributed by atoms with E-state index in [4.69, 9.17) is 36.0 Å². The molecule has 3 atom stereocenters. The van der Waals surface area contributed by atoms with E-state index >= 15 is 0 Å². The molecule has 8 aromatic heterocycles. The van der Waals surface area contributed by atoms with E-state index in [0.717, 1.165) is 22.7 Å². The first-order chi connectivity index (χ1) is 61.5. The van der Waals surface area contributed by atoms with Crippen LogP contribution >= 0.6 is 0 Å². The van der Waals surface area contributed by atoms with Gasteiger partial charge >= 0.3 is 45.4 Å². The first kappa shape index (κ1) is 112. The van der Waals surface area contributed by atoms with E-state index in [0.29, 0.717) is 83.8 Å². The zero-order valence-electron chi connectivity index (χ0n) is 78.4. The molecule has 1 aromatic carbocycles. The molecule has 0 bridgehead atoms. The molecular weight excluding hydrogens is 1720 g/mol. The Kier molecular flexibility index (Phi) is 43.9.